The van der Waals surface area contributed by atoms with E-state index in [4.69, 9.17) is 0 Å². The van der Waals surface area contributed by atoms with Gasteiger partial charge in [0.05, 0.1) is 6.33 Å². The molecule has 0 aliphatic heterocycles. The molecule has 0 saturated heterocycles. The molecule has 0 N–H and O–H groups in total. The number of nitrogens with zero attached hydrogens (tertiary/aromatic N) is 3. The van der Waals surface area contributed by atoms with Gasteiger partial charge in [-0.1, -0.05) is 0 Å². The Morgan fingerprint density at radius 1 is 1.23 bits per heavy atom. The fourth-order valence-electron chi connectivity index (χ4n) is 1.34. The molecule has 0 amide bonds. The molecule has 13 heavy (non-hydrogen) atoms. The minimum Gasteiger partial charge on any atom is -0.310 e. The molecular weight excluding hydrogens is 162 g/mol. The Balaban J connectivity index is 2.72. The van der Waals surface area contributed by atoms with Gasteiger partial charge in [-0.2, -0.15) is 0 Å². The first-order valence-corrected chi connectivity index (χ1v) is 4.37. The molecule has 0 spiro atoms. The van der Waals surface area contributed by atoms with Crippen molar-refractivity contribution in [1.29, 1.82) is 0 Å². The predicted octanol–water partition coefficient (Wildman–Crippen LogP) is 2.19. The highest BCUT2D eigenvalue weighted by Crippen LogP contribution is 2.19. The maximum Gasteiger partial charge on any atom is 0.160 e. The lowest BCUT2D eigenvalue weighted by Gasteiger charge is -2.20. The van der Waals surface area contributed by atoms with Gasteiger partial charge in [0.2, 0.25) is 0 Å². The summed E-state index contributed by atoms with van der Waals surface area (Å²) >= 11 is 0. The van der Waals surface area contributed by atoms with E-state index in [0.29, 0.717) is 0 Å². The Kier molecular flexibility index (Phi) is 1.62. The highest BCUT2D eigenvalue weighted by molar-refractivity contribution is 5.70. The van der Waals surface area contributed by atoms with Crippen molar-refractivity contribution in [3.8, 4) is 0 Å². The minimum absolute atomic E-state index is 0.0447. The number of aromatic nitrogens is 3. The lowest BCUT2D eigenvalue weighted by Crippen LogP contribution is -2.20. The van der Waals surface area contributed by atoms with Crippen LogP contribution < -0.4 is 0 Å². The van der Waals surface area contributed by atoms with E-state index >= 15 is 0 Å². The van der Waals surface area contributed by atoms with Crippen LogP contribution >= 0.6 is 0 Å². The Hall–Kier alpha value is -1.38. The average molecular weight is 175 g/mol. The summed E-state index contributed by atoms with van der Waals surface area (Å²) in [6.07, 6.45) is 3.64. The molecule has 0 radical (unpaired) electrons. The molecular formula is C10H13N3. The Bertz CT molecular complexity index is 423. The number of imidazole rings is 1. The summed E-state index contributed by atoms with van der Waals surface area (Å²) in [6.45, 7) is 6.42. The van der Waals surface area contributed by atoms with Crippen LogP contribution in [0, 0.1) is 0 Å². The zero-order valence-electron chi connectivity index (χ0n) is 8.15. The molecule has 2 aromatic heterocycles. The van der Waals surface area contributed by atoms with Gasteiger partial charge in [0.15, 0.2) is 5.65 Å². The third-order valence-corrected chi connectivity index (χ3v) is 2.03. The van der Waals surface area contributed by atoms with Crippen molar-refractivity contribution < 1.29 is 0 Å². The second-order valence-corrected chi connectivity index (χ2v) is 4.13. The van der Waals surface area contributed by atoms with Crippen molar-refractivity contribution in [2.45, 2.75) is 26.3 Å². The molecule has 0 atom stereocenters. The lowest BCUT2D eigenvalue weighted by atomic mass is 10.1. The first-order valence-electron chi connectivity index (χ1n) is 4.37. The third-order valence-electron chi connectivity index (χ3n) is 2.03. The number of hydrogen-bond acceptors (Lipinski definition) is 2. The monoisotopic (exact) mass is 175 g/mol. The zero-order chi connectivity index (χ0) is 9.47. The molecule has 2 rings (SSSR count). The first kappa shape index (κ1) is 8.23. The third kappa shape index (κ3) is 1.30. The van der Waals surface area contributed by atoms with Gasteiger partial charge in [0.25, 0.3) is 0 Å². The van der Waals surface area contributed by atoms with Crippen LogP contribution in [0.5, 0.6) is 0 Å². The molecule has 2 heterocycles. The molecule has 0 aliphatic rings. The van der Waals surface area contributed by atoms with E-state index in [1.54, 1.807) is 6.20 Å². The molecule has 0 aromatic carbocycles. The van der Waals surface area contributed by atoms with Crippen molar-refractivity contribution in [3.05, 3.63) is 24.7 Å². The normalized spacial score (nSPS) is 12.2. The number of rotatable bonds is 0. The van der Waals surface area contributed by atoms with Crippen LogP contribution in [0.1, 0.15) is 20.8 Å². The van der Waals surface area contributed by atoms with E-state index in [-0.39, 0.29) is 5.54 Å². The van der Waals surface area contributed by atoms with E-state index in [9.17, 15) is 0 Å². The quantitative estimate of drug-likeness (QED) is 0.614. The van der Waals surface area contributed by atoms with Gasteiger partial charge in [-0.15, -0.1) is 0 Å². The standard InChI is InChI=1S/C10H13N3/c1-10(2,3)13-7-12-8-5-4-6-11-9(8)13/h4-7H,1-3H3. The molecule has 3 heteroatoms. The smallest absolute Gasteiger partial charge is 0.160 e. The van der Waals surface area contributed by atoms with Crippen molar-refractivity contribution in [2.24, 2.45) is 0 Å². The highest BCUT2D eigenvalue weighted by atomic mass is 15.1. The molecule has 0 saturated carbocycles. The molecule has 0 bridgehead atoms. The van der Waals surface area contributed by atoms with Gasteiger partial charge < -0.3 is 4.57 Å². The average Bonchev–Trinajstić information content (AvgIpc) is 2.45. The van der Waals surface area contributed by atoms with Crippen LogP contribution in [0.3, 0.4) is 0 Å². The maximum atomic E-state index is 4.31. The topological polar surface area (TPSA) is 30.7 Å². The fourth-order valence-corrected chi connectivity index (χ4v) is 1.34. The van der Waals surface area contributed by atoms with Gasteiger partial charge in [0, 0.05) is 11.7 Å². The Morgan fingerprint density at radius 2 is 2.00 bits per heavy atom. The van der Waals surface area contributed by atoms with E-state index in [1.807, 2.05) is 18.5 Å². The molecule has 2 aromatic rings. The van der Waals surface area contributed by atoms with Crippen molar-refractivity contribution in [2.75, 3.05) is 0 Å². The SMILES string of the molecule is CC(C)(C)n1cnc2cccnc21. The molecule has 0 aliphatic carbocycles. The summed E-state index contributed by atoms with van der Waals surface area (Å²) in [5, 5.41) is 0. The van der Waals surface area contributed by atoms with Crippen LogP contribution in [-0.2, 0) is 5.54 Å². The van der Waals surface area contributed by atoms with Gasteiger partial charge in [0.1, 0.15) is 5.52 Å². The highest BCUT2D eigenvalue weighted by Gasteiger charge is 2.15. The van der Waals surface area contributed by atoms with Crippen molar-refractivity contribution >= 4 is 11.2 Å². The first-order chi connectivity index (χ1) is 6.09. The summed E-state index contributed by atoms with van der Waals surface area (Å²) < 4.78 is 2.09. The Morgan fingerprint density at radius 3 is 2.69 bits per heavy atom. The van der Waals surface area contributed by atoms with Gasteiger partial charge in [-0.25, -0.2) is 9.97 Å². The van der Waals surface area contributed by atoms with Crippen LogP contribution in [0.4, 0.5) is 0 Å². The van der Waals surface area contributed by atoms with Crippen LogP contribution in [-0.4, -0.2) is 14.5 Å². The summed E-state index contributed by atoms with van der Waals surface area (Å²) in [7, 11) is 0. The van der Waals surface area contributed by atoms with E-state index in [1.165, 1.54) is 0 Å². The summed E-state index contributed by atoms with van der Waals surface area (Å²) in [5.74, 6) is 0. The molecule has 0 unspecified atom stereocenters. The maximum absolute atomic E-state index is 4.31. The van der Waals surface area contributed by atoms with E-state index in [2.05, 4.69) is 35.3 Å². The Labute approximate surface area is 77.4 Å². The summed E-state index contributed by atoms with van der Waals surface area (Å²) in [6, 6.07) is 3.88. The second-order valence-electron chi connectivity index (χ2n) is 4.13. The summed E-state index contributed by atoms with van der Waals surface area (Å²) in [5.41, 5.74) is 1.95. The number of fused-ring (bicyclic) bond motifs is 1. The van der Waals surface area contributed by atoms with Crippen molar-refractivity contribution in [1.82, 2.24) is 14.5 Å². The van der Waals surface area contributed by atoms with Gasteiger partial charge in [-0.3, -0.25) is 0 Å². The van der Waals surface area contributed by atoms with E-state index in [0.717, 1.165) is 11.2 Å². The summed E-state index contributed by atoms with van der Waals surface area (Å²) in [4.78, 5) is 8.59. The lowest BCUT2D eigenvalue weighted by molar-refractivity contribution is 0.406. The number of pyridine rings is 1. The largest absolute Gasteiger partial charge is 0.310 e. The van der Waals surface area contributed by atoms with Gasteiger partial charge >= 0.3 is 0 Å². The molecule has 3 nitrogen and oxygen atoms in total. The van der Waals surface area contributed by atoms with Crippen LogP contribution in [0.25, 0.3) is 11.2 Å². The molecule has 68 valence electrons. The zero-order valence-corrected chi connectivity index (χ0v) is 8.15. The van der Waals surface area contributed by atoms with Crippen LogP contribution in [0.2, 0.25) is 0 Å². The second kappa shape index (κ2) is 2.55. The van der Waals surface area contributed by atoms with Gasteiger partial charge in [-0.05, 0) is 32.9 Å². The predicted molar refractivity (Wildman–Crippen MR) is 52.5 cm³/mol. The van der Waals surface area contributed by atoms with Crippen LogP contribution in [0.15, 0.2) is 24.7 Å². The number of hydrogen-bond donors (Lipinski definition) is 0. The fraction of sp³-hybridized carbons (Fsp3) is 0.400. The van der Waals surface area contributed by atoms with E-state index < -0.39 is 0 Å². The van der Waals surface area contributed by atoms with Crippen molar-refractivity contribution in [3.63, 3.8) is 0 Å². The molecule has 0 fully saturated rings. The minimum atomic E-state index is 0.0447.